The third kappa shape index (κ3) is 3.24. The van der Waals surface area contributed by atoms with Gasteiger partial charge in [-0.3, -0.25) is 9.78 Å². The van der Waals surface area contributed by atoms with Crippen molar-refractivity contribution in [1.82, 2.24) is 30.3 Å². The van der Waals surface area contributed by atoms with Gasteiger partial charge in [0, 0.05) is 26.3 Å². The maximum absolute atomic E-state index is 4.57. The summed E-state index contributed by atoms with van der Waals surface area (Å²) in [7, 11) is 1.90. The second-order valence-electron chi connectivity index (χ2n) is 5.60. The lowest BCUT2D eigenvalue weighted by Crippen LogP contribution is -2.37. The lowest BCUT2D eigenvalue weighted by atomic mass is 9.97. The van der Waals surface area contributed by atoms with E-state index in [2.05, 4.69) is 37.4 Å². The zero-order chi connectivity index (χ0) is 14.7. The van der Waals surface area contributed by atoms with E-state index in [1.807, 2.05) is 19.3 Å². The summed E-state index contributed by atoms with van der Waals surface area (Å²) in [5.41, 5.74) is 0.832. The third-order valence-corrected chi connectivity index (χ3v) is 4.01. The van der Waals surface area contributed by atoms with Crippen LogP contribution in [-0.4, -0.2) is 51.1 Å². The van der Waals surface area contributed by atoms with Gasteiger partial charge in [-0.15, -0.1) is 5.10 Å². The zero-order valence-electron chi connectivity index (χ0n) is 12.7. The van der Waals surface area contributed by atoms with Crippen molar-refractivity contribution < 1.29 is 0 Å². The fourth-order valence-electron chi connectivity index (χ4n) is 2.74. The summed E-state index contributed by atoms with van der Waals surface area (Å²) < 4.78 is 1.77. The molecule has 0 saturated carbocycles. The van der Waals surface area contributed by atoms with Crippen LogP contribution in [0.5, 0.6) is 0 Å². The Balaban J connectivity index is 1.60. The van der Waals surface area contributed by atoms with Crippen molar-refractivity contribution in [2.45, 2.75) is 19.8 Å². The first-order valence-electron chi connectivity index (χ1n) is 7.64. The number of aryl methyl sites for hydroxylation is 1. The van der Waals surface area contributed by atoms with Gasteiger partial charge >= 0.3 is 0 Å². The molecule has 1 aliphatic rings. The summed E-state index contributed by atoms with van der Waals surface area (Å²) in [6, 6.07) is 1.94. The van der Waals surface area contributed by atoms with Crippen LogP contribution in [0.2, 0.25) is 0 Å². The first kappa shape index (κ1) is 14.1. The van der Waals surface area contributed by atoms with Gasteiger partial charge in [0.05, 0.1) is 0 Å². The van der Waals surface area contributed by atoms with Gasteiger partial charge in [0.1, 0.15) is 5.69 Å². The maximum Gasteiger partial charge on any atom is 0.245 e. The largest absolute Gasteiger partial charge is 0.340 e. The Labute approximate surface area is 124 Å². The van der Waals surface area contributed by atoms with E-state index in [4.69, 9.17) is 0 Å². The Morgan fingerprint density at radius 2 is 2.19 bits per heavy atom. The molecule has 2 N–H and O–H groups in total. The van der Waals surface area contributed by atoms with Crippen LogP contribution in [0.15, 0.2) is 12.3 Å². The predicted octanol–water partition coefficient (Wildman–Crippen LogP) is 1.03. The SMILES string of the molecule is CCNCC1CCN(c2n[nH]c(-c3ccn(C)n3)n2)CC1. The minimum absolute atomic E-state index is 0.736. The normalized spacial score (nSPS) is 16.6. The first-order valence-corrected chi connectivity index (χ1v) is 7.64. The van der Waals surface area contributed by atoms with E-state index in [1.165, 1.54) is 12.8 Å². The highest BCUT2D eigenvalue weighted by molar-refractivity contribution is 5.50. The average molecular weight is 289 g/mol. The van der Waals surface area contributed by atoms with Gasteiger partial charge in [0.15, 0.2) is 5.82 Å². The van der Waals surface area contributed by atoms with Crippen LogP contribution >= 0.6 is 0 Å². The van der Waals surface area contributed by atoms with E-state index in [1.54, 1.807) is 4.68 Å². The molecule has 1 saturated heterocycles. The first-order chi connectivity index (χ1) is 10.3. The van der Waals surface area contributed by atoms with Gasteiger partial charge in [0.2, 0.25) is 5.95 Å². The molecule has 7 heteroatoms. The van der Waals surface area contributed by atoms with E-state index in [-0.39, 0.29) is 0 Å². The number of aromatic amines is 1. The van der Waals surface area contributed by atoms with E-state index in [0.29, 0.717) is 0 Å². The van der Waals surface area contributed by atoms with Crippen molar-refractivity contribution in [2.75, 3.05) is 31.1 Å². The van der Waals surface area contributed by atoms with Crippen molar-refractivity contribution in [3.63, 3.8) is 0 Å². The van der Waals surface area contributed by atoms with Crippen LogP contribution in [0.25, 0.3) is 11.5 Å². The Morgan fingerprint density at radius 1 is 1.38 bits per heavy atom. The smallest absolute Gasteiger partial charge is 0.245 e. The second-order valence-corrected chi connectivity index (χ2v) is 5.60. The summed E-state index contributed by atoms with van der Waals surface area (Å²) in [6.07, 6.45) is 4.30. The van der Waals surface area contributed by atoms with Crippen molar-refractivity contribution in [1.29, 1.82) is 0 Å². The fraction of sp³-hybridized carbons (Fsp3) is 0.643. The summed E-state index contributed by atoms with van der Waals surface area (Å²) in [4.78, 5) is 6.83. The van der Waals surface area contributed by atoms with Gasteiger partial charge in [-0.05, 0) is 37.9 Å². The highest BCUT2D eigenvalue weighted by atomic mass is 15.4. The molecule has 114 valence electrons. The van der Waals surface area contributed by atoms with Gasteiger partial charge in [-0.25, -0.2) is 0 Å². The summed E-state index contributed by atoms with van der Waals surface area (Å²) >= 11 is 0. The molecule has 1 aliphatic heterocycles. The Kier molecular flexibility index (Phi) is 4.19. The highest BCUT2D eigenvalue weighted by Gasteiger charge is 2.22. The number of aromatic nitrogens is 5. The monoisotopic (exact) mass is 289 g/mol. The lowest BCUT2D eigenvalue weighted by Gasteiger charge is -2.31. The number of hydrogen-bond donors (Lipinski definition) is 2. The molecular weight excluding hydrogens is 266 g/mol. The molecule has 2 aromatic heterocycles. The molecule has 0 radical (unpaired) electrons. The number of piperidine rings is 1. The van der Waals surface area contributed by atoms with Crippen LogP contribution in [-0.2, 0) is 7.05 Å². The summed E-state index contributed by atoms with van der Waals surface area (Å²) in [6.45, 7) is 6.37. The quantitative estimate of drug-likeness (QED) is 0.860. The molecular formula is C14H23N7. The molecule has 0 bridgehead atoms. The molecule has 1 fully saturated rings. The van der Waals surface area contributed by atoms with Crippen LogP contribution in [0.4, 0.5) is 5.95 Å². The molecule has 0 spiro atoms. The number of nitrogens with zero attached hydrogens (tertiary/aromatic N) is 5. The summed E-state index contributed by atoms with van der Waals surface area (Å²) in [5.74, 6) is 2.30. The Hall–Kier alpha value is -1.89. The molecule has 0 amide bonds. The third-order valence-electron chi connectivity index (χ3n) is 4.01. The molecule has 0 atom stereocenters. The molecule has 21 heavy (non-hydrogen) atoms. The molecule has 2 aromatic rings. The molecule has 3 rings (SSSR count). The van der Waals surface area contributed by atoms with Gasteiger partial charge in [0.25, 0.3) is 0 Å². The maximum atomic E-state index is 4.57. The standard InChI is InChI=1S/C14H23N7/c1-3-15-10-11-4-8-21(9-5-11)14-16-13(17-18-14)12-6-7-20(2)19-12/h6-7,11,15H,3-5,8-10H2,1-2H3,(H,16,17,18). The van der Waals surface area contributed by atoms with E-state index in [0.717, 1.165) is 49.6 Å². The molecule has 0 aromatic carbocycles. The fourth-order valence-corrected chi connectivity index (χ4v) is 2.74. The summed E-state index contributed by atoms with van der Waals surface area (Å²) in [5, 5.41) is 15.1. The number of rotatable bonds is 5. The van der Waals surface area contributed by atoms with E-state index >= 15 is 0 Å². The van der Waals surface area contributed by atoms with Crippen LogP contribution in [0.1, 0.15) is 19.8 Å². The van der Waals surface area contributed by atoms with Gasteiger partial charge in [-0.1, -0.05) is 6.92 Å². The number of anilines is 1. The Morgan fingerprint density at radius 3 is 2.86 bits per heavy atom. The van der Waals surface area contributed by atoms with E-state index < -0.39 is 0 Å². The van der Waals surface area contributed by atoms with Gasteiger partial charge in [-0.2, -0.15) is 10.1 Å². The van der Waals surface area contributed by atoms with Crippen LogP contribution in [0, 0.1) is 5.92 Å². The number of H-pyrrole nitrogens is 1. The van der Waals surface area contributed by atoms with Crippen molar-refractivity contribution in [3.05, 3.63) is 12.3 Å². The van der Waals surface area contributed by atoms with E-state index in [9.17, 15) is 0 Å². The van der Waals surface area contributed by atoms with Crippen LogP contribution in [0.3, 0.4) is 0 Å². The van der Waals surface area contributed by atoms with Crippen molar-refractivity contribution in [3.8, 4) is 11.5 Å². The zero-order valence-corrected chi connectivity index (χ0v) is 12.7. The molecule has 7 nitrogen and oxygen atoms in total. The van der Waals surface area contributed by atoms with Crippen molar-refractivity contribution >= 4 is 5.95 Å². The minimum Gasteiger partial charge on any atom is -0.340 e. The average Bonchev–Trinajstić information content (AvgIpc) is 3.14. The second kappa shape index (κ2) is 6.26. The number of hydrogen-bond acceptors (Lipinski definition) is 5. The predicted molar refractivity (Wildman–Crippen MR) is 82.1 cm³/mol. The van der Waals surface area contributed by atoms with Gasteiger partial charge < -0.3 is 10.2 Å². The highest BCUT2D eigenvalue weighted by Crippen LogP contribution is 2.21. The van der Waals surface area contributed by atoms with Crippen molar-refractivity contribution in [2.24, 2.45) is 13.0 Å². The Bertz CT molecular complexity index is 565. The topological polar surface area (TPSA) is 74.7 Å². The van der Waals surface area contributed by atoms with Crippen LogP contribution < -0.4 is 10.2 Å². The minimum atomic E-state index is 0.736. The molecule has 3 heterocycles. The molecule has 0 unspecified atom stereocenters. The lowest BCUT2D eigenvalue weighted by molar-refractivity contribution is 0.384. The number of nitrogens with one attached hydrogen (secondary N) is 2. The molecule has 0 aliphatic carbocycles.